The van der Waals surface area contributed by atoms with Gasteiger partial charge in [0.1, 0.15) is 5.82 Å². The summed E-state index contributed by atoms with van der Waals surface area (Å²) in [5.41, 5.74) is 6.18. The quantitative estimate of drug-likeness (QED) is 0.789. The van der Waals surface area contributed by atoms with Crippen molar-refractivity contribution in [1.82, 2.24) is 19.6 Å². The number of nitrogens with one attached hydrogen (secondary N) is 1. The van der Waals surface area contributed by atoms with Crippen molar-refractivity contribution in [3.63, 3.8) is 0 Å². The van der Waals surface area contributed by atoms with Crippen LogP contribution in [0.15, 0.2) is 16.9 Å². The molecule has 3 heterocycles. The molecule has 0 unspecified atom stereocenters. The van der Waals surface area contributed by atoms with E-state index in [9.17, 15) is 4.79 Å². The van der Waals surface area contributed by atoms with Crippen LogP contribution in [0.2, 0.25) is 0 Å². The minimum atomic E-state index is -0.102. The summed E-state index contributed by atoms with van der Waals surface area (Å²) >= 11 is 0. The van der Waals surface area contributed by atoms with Crippen LogP contribution in [0.3, 0.4) is 0 Å². The Kier molecular flexibility index (Phi) is 3.47. The predicted molar refractivity (Wildman–Crippen MR) is 92.3 cm³/mol. The second kappa shape index (κ2) is 5.22. The van der Waals surface area contributed by atoms with Gasteiger partial charge in [0.25, 0.3) is 5.56 Å². The molecule has 0 aliphatic carbocycles. The van der Waals surface area contributed by atoms with Crippen molar-refractivity contribution < 1.29 is 0 Å². The zero-order valence-corrected chi connectivity index (χ0v) is 14.4. The first-order valence-electron chi connectivity index (χ1n) is 7.54. The Bertz CT molecular complexity index is 942. The Labute approximate surface area is 134 Å². The monoisotopic (exact) mass is 311 g/mol. The molecule has 0 aromatic carbocycles. The van der Waals surface area contributed by atoms with Crippen LogP contribution in [-0.2, 0) is 0 Å². The summed E-state index contributed by atoms with van der Waals surface area (Å²) in [6, 6.07) is 3.58. The number of aromatic amines is 1. The van der Waals surface area contributed by atoms with Crippen LogP contribution in [0.4, 0.5) is 5.82 Å². The average molecular weight is 311 g/mol. The maximum absolute atomic E-state index is 12.2. The highest BCUT2D eigenvalue weighted by molar-refractivity contribution is 5.83. The van der Waals surface area contributed by atoms with Crippen molar-refractivity contribution in [2.75, 3.05) is 19.0 Å². The third kappa shape index (κ3) is 2.40. The molecule has 0 spiro atoms. The van der Waals surface area contributed by atoms with Gasteiger partial charge in [-0.1, -0.05) is 0 Å². The zero-order valence-electron chi connectivity index (χ0n) is 14.4. The maximum Gasteiger partial charge on any atom is 0.272 e. The van der Waals surface area contributed by atoms with E-state index in [4.69, 9.17) is 0 Å². The first-order chi connectivity index (χ1) is 10.8. The molecule has 0 saturated carbocycles. The van der Waals surface area contributed by atoms with Crippen LogP contribution in [0.5, 0.6) is 0 Å². The van der Waals surface area contributed by atoms with Gasteiger partial charge in [-0.2, -0.15) is 0 Å². The largest absolute Gasteiger partial charge is 0.363 e. The first kappa shape index (κ1) is 15.3. The van der Waals surface area contributed by atoms with Crippen LogP contribution in [0, 0.1) is 27.7 Å². The standard InChI is InChI=1S/C17H21N5O/c1-9-7-13(21(5)6)19-11(3)15(9)16-12(4)20-22-14(23)8-10(2)18-17(16)22/h7-8,20H,1-6H3. The van der Waals surface area contributed by atoms with Crippen molar-refractivity contribution >= 4 is 11.5 Å². The summed E-state index contributed by atoms with van der Waals surface area (Å²) in [5.74, 6) is 0.919. The lowest BCUT2D eigenvalue weighted by Crippen LogP contribution is -2.14. The first-order valence-corrected chi connectivity index (χ1v) is 7.54. The van der Waals surface area contributed by atoms with Gasteiger partial charge in [0.2, 0.25) is 0 Å². The van der Waals surface area contributed by atoms with Crippen molar-refractivity contribution in [2.45, 2.75) is 27.7 Å². The normalized spacial score (nSPS) is 11.2. The number of rotatable bonds is 2. The van der Waals surface area contributed by atoms with Gasteiger partial charge in [0.05, 0.1) is 0 Å². The molecule has 3 aromatic rings. The minimum Gasteiger partial charge on any atom is -0.363 e. The van der Waals surface area contributed by atoms with Crippen LogP contribution >= 0.6 is 0 Å². The Morgan fingerprint density at radius 1 is 1.04 bits per heavy atom. The average Bonchev–Trinajstić information content (AvgIpc) is 2.75. The molecule has 0 radical (unpaired) electrons. The fraction of sp³-hybridized carbons (Fsp3) is 0.353. The Balaban J connectivity index is 2.38. The van der Waals surface area contributed by atoms with E-state index >= 15 is 0 Å². The Hall–Kier alpha value is -2.63. The molecular weight excluding hydrogens is 290 g/mol. The molecule has 0 fully saturated rings. The van der Waals surface area contributed by atoms with E-state index in [1.807, 2.05) is 39.8 Å². The summed E-state index contributed by atoms with van der Waals surface area (Å²) in [6.07, 6.45) is 0. The number of aryl methyl sites for hydroxylation is 4. The van der Waals surface area contributed by atoms with Crippen LogP contribution in [0.25, 0.3) is 16.8 Å². The highest BCUT2D eigenvalue weighted by atomic mass is 16.1. The van der Waals surface area contributed by atoms with E-state index in [1.54, 1.807) is 0 Å². The van der Waals surface area contributed by atoms with Crippen LogP contribution in [-0.4, -0.2) is 33.7 Å². The lowest BCUT2D eigenvalue weighted by atomic mass is 9.99. The third-order valence-corrected chi connectivity index (χ3v) is 4.02. The number of H-pyrrole nitrogens is 1. The van der Waals surface area contributed by atoms with Gasteiger partial charge in [-0.3, -0.25) is 9.89 Å². The highest BCUT2D eigenvalue weighted by Gasteiger charge is 2.19. The minimum absolute atomic E-state index is 0.102. The molecule has 3 rings (SSSR count). The van der Waals surface area contributed by atoms with Gasteiger partial charge in [-0.15, -0.1) is 0 Å². The van der Waals surface area contributed by atoms with Crippen LogP contribution < -0.4 is 10.5 Å². The van der Waals surface area contributed by atoms with Crippen molar-refractivity contribution in [1.29, 1.82) is 0 Å². The third-order valence-electron chi connectivity index (χ3n) is 4.02. The maximum atomic E-state index is 12.2. The second-order valence-electron chi connectivity index (χ2n) is 6.16. The van der Waals surface area contributed by atoms with Crippen molar-refractivity contribution in [3.8, 4) is 11.1 Å². The SMILES string of the molecule is Cc1cc(=O)n2[nH]c(C)c(-c3c(C)cc(N(C)C)nc3C)c2n1. The predicted octanol–water partition coefficient (Wildman–Crippen LogP) is 2.38. The second-order valence-corrected chi connectivity index (χ2v) is 6.16. The van der Waals surface area contributed by atoms with E-state index < -0.39 is 0 Å². The number of anilines is 1. The molecule has 0 aliphatic heterocycles. The summed E-state index contributed by atoms with van der Waals surface area (Å²) in [5, 5.41) is 3.12. The van der Waals surface area contributed by atoms with Gasteiger partial charge >= 0.3 is 0 Å². The number of nitrogens with zero attached hydrogens (tertiary/aromatic N) is 4. The lowest BCUT2D eigenvalue weighted by Gasteiger charge is -2.16. The molecule has 23 heavy (non-hydrogen) atoms. The fourth-order valence-corrected chi connectivity index (χ4v) is 2.98. The summed E-state index contributed by atoms with van der Waals surface area (Å²) in [6.45, 7) is 7.85. The molecule has 120 valence electrons. The lowest BCUT2D eigenvalue weighted by molar-refractivity contribution is 0.873. The summed E-state index contributed by atoms with van der Waals surface area (Å²) in [4.78, 5) is 23.4. The van der Waals surface area contributed by atoms with Gasteiger partial charge in [0, 0.05) is 48.4 Å². The molecule has 1 N–H and O–H groups in total. The molecule has 6 heteroatoms. The topological polar surface area (TPSA) is 66.3 Å². The van der Waals surface area contributed by atoms with E-state index in [2.05, 4.69) is 28.1 Å². The van der Waals surface area contributed by atoms with E-state index in [-0.39, 0.29) is 5.56 Å². The number of fused-ring (bicyclic) bond motifs is 1. The fourth-order valence-electron chi connectivity index (χ4n) is 2.98. The Morgan fingerprint density at radius 3 is 2.35 bits per heavy atom. The number of hydrogen-bond acceptors (Lipinski definition) is 4. The van der Waals surface area contributed by atoms with E-state index in [0.29, 0.717) is 11.3 Å². The van der Waals surface area contributed by atoms with Crippen LogP contribution in [0.1, 0.15) is 22.6 Å². The van der Waals surface area contributed by atoms with E-state index in [1.165, 1.54) is 10.6 Å². The number of pyridine rings is 1. The zero-order chi connectivity index (χ0) is 16.9. The summed E-state index contributed by atoms with van der Waals surface area (Å²) in [7, 11) is 3.95. The summed E-state index contributed by atoms with van der Waals surface area (Å²) < 4.78 is 1.50. The Morgan fingerprint density at radius 2 is 1.74 bits per heavy atom. The van der Waals surface area contributed by atoms with Gasteiger partial charge in [-0.25, -0.2) is 14.5 Å². The van der Waals surface area contributed by atoms with E-state index in [0.717, 1.165) is 33.9 Å². The molecule has 3 aromatic heterocycles. The highest BCUT2D eigenvalue weighted by Crippen LogP contribution is 2.33. The van der Waals surface area contributed by atoms with Gasteiger partial charge in [0.15, 0.2) is 5.65 Å². The molecule has 0 atom stereocenters. The smallest absolute Gasteiger partial charge is 0.272 e. The molecular formula is C17H21N5O. The molecule has 0 aliphatic rings. The van der Waals surface area contributed by atoms with Crippen molar-refractivity contribution in [3.05, 3.63) is 45.1 Å². The van der Waals surface area contributed by atoms with Gasteiger partial charge in [-0.05, 0) is 39.3 Å². The molecule has 0 amide bonds. The molecule has 0 bridgehead atoms. The molecule has 6 nitrogen and oxygen atoms in total. The number of aromatic nitrogens is 4. The molecule has 0 saturated heterocycles. The van der Waals surface area contributed by atoms with Crippen molar-refractivity contribution in [2.24, 2.45) is 0 Å². The number of hydrogen-bond donors (Lipinski definition) is 1. The van der Waals surface area contributed by atoms with Gasteiger partial charge < -0.3 is 4.90 Å².